The zero-order valence-corrected chi connectivity index (χ0v) is 19.1. The summed E-state index contributed by atoms with van der Waals surface area (Å²) in [6.07, 6.45) is 3.21. The molecule has 1 aliphatic rings. The van der Waals surface area contributed by atoms with Gasteiger partial charge in [-0.25, -0.2) is 9.78 Å². The van der Waals surface area contributed by atoms with Gasteiger partial charge >= 0.3 is 6.09 Å². The number of carbonyl (C=O) groups is 3. The Morgan fingerprint density at radius 2 is 1.84 bits per heavy atom. The highest BCUT2D eigenvalue weighted by Gasteiger charge is 2.25. The van der Waals surface area contributed by atoms with E-state index >= 15 is 0 Å². The first-order valence-electron chi connectivity index (χ1n) is 10.6. The van der Waals surface area contributed by atoms with Crippen molar-refractivity contribution < 1.29 is 19.1 Å². The summed E-state index contributed by atoms with van der Waals surface area (Å²) in [5.74, 6) is -0.165. The second-order valence-electron chi connectivity index (χ2n) is 7.41. The third kappa shape index (κ3) is 6.71. The summed E-state index contributed by atoms with van der Waals surface area (Å²) in [7, 11) is 0. The van der Waals surface area contributed by atoms with Gasteiger partial charge in [0.2, 0.25) is 5.91 Å². The summed E-state index contributed by atoms with van der Waals surface area (Å²) < 4.78 is 5.01. The Balaban J connectivity index is 1.51. The molecule has 0 saturated carbocycles. The van der Waals surface area contributed by atoms with Crippen molar-refractivity contribution >= 4 is 35.5 Å². The molecule has 1 aliphatic heterocycles. The predicted molar refractivity (Wildman–Crippen MR) is 124 cm³/mol. The van der Waals surface area contributed by atoms with Crippen LogP contribution in [-0.4, -0.2) is 59.8 Å². The average molecular weight is 457 g/mol. The molecule has 8 nitrogen and oxygen atoms in total. The molecule has 3 rings (SSSR count). The van der Waals surface area contributed by atoms with Crippen molar-refractivity contribution in [1.82, 2.24) is 15.2 Å². The maximum atomic E-state index is 12.6. The normalized spacial score (nSPS) is 14.0. The van der Waals surface area contributed by atoms with Gasteiger partial charge in [0.15, 0.2) is 0 Å². The molecule has 9 heteroatoms. The molecule has 2 N–H and O–H groups in total. The zero-order chi connectivity index (χ0) is 22.9. The molecule has 0 aliphatic carbocycles. The smallest absolute Gasteiger partial charge is 0.409 e. The second-order valence-corrected chi connectivity index (χ2v) is 8.29. The Bertz CT molecular complexity index is 943. The minimum atomic E-state index is -0.317. The van der Waals surface area contributed by atoms with Gasteiger partial charge in [0.05, 0.1) is 13.0 Å². The fourth-order valence-corrected chi connectivity index (χ4v) is 3.84. The first kappa shape index (κ1) is 23.6. The van der Waals surface area contributed by atoms with Gasteiger partial charge in [-0.1, -0.05) is 18.2 Å². The Morgan fingerprint density at radius 1 is 1.12 bits per heavy atom. The number of ether oxygens (including phenoxy) is 1. The molecule has 0 bridgehead atoms. The van der Waals surface area contributed by atoms with E-state index in [9.17, 15) is 14.4 Å². The Labute approximate surface area is 192 Å². The predicted octanol–water partition coefficient (Wildman–Crippen LogP) is 3.34. The average Bonchev–Trinajstić information content (AvgIpc) is 2.80. The van der Waals surface area contributed by atoms with Crippen molar-refractivity contribution in [2.24, 2.45) is 0 Å². The van der Waals surface area contributed by atoms with Gasteiger partial charge in [-0.3, -0.25) is 9.59 Å². The molecule has 1 aromatic heterocycles. The number of benzene rings is 1. The molecule has 2 heterocycles. The van der Waals surface area contributed by atoms with Gasteiger partial charge in [-0.05, 0) is 55.9 Å². The molecule has 1 saturated heterocycles. The molecule has 1 aromatic carbocycles. The van der Waals surface area contributed by atoms with Crippen molar-refractivity contribution in [2.75, 3.05) is 31.3 Å². The van der Waals surface area contributed by atoms with Crippen LogP contribution in [0, 0.1) is 0 Å². The van der Waals surface area contributed by atoms with Gasteiger partial charge in [-0.2, -0.15) is 0 Å². The maximum Gasteiger partial charge on any atom is 0.409 e. The van der Waals surface area contributed by atoms with Crippen molar-refractivity contribution in [3.8, 4) is 0 Å². The van der Waals surface area contributed by atoms with E-state index in [1.54, 1.807) is 41.8 Å². The van der Waals surface area contributed by atoms with Crippen molar-refractivity contribution in [3.63, 3.8) is 0 Å². The lowest BCUT2D eigenvalue weighted by molar-refractivity contribution is -0.115. The summed E-state index contributed by atoms with van der Waals surface area (Å²) >= 11 is 1.65. The number of nitrogens with one attached hydrogen (secondary N) is 2. The topological polar surface area (TPSA) is 101 Å². The number of rotatable bonds is 7. The molecule has 0 radical (unpaired) electrons. The molecule has 1 fully saturated rings. The van der Waals surface area contributed by atoms with Gasteiger partial charge in [0, 0.05) is 24.0 Å². The fraction of sp³-hybridized carbons (Fsp3) is 0.391. The lowest BCUT2D eigenvalue weighted by Gasteiger charge is -2.31. The zero-order valence-electron chi connectivity index (χ0n) is 18.3. The van der Waals surface area contributed by atoms with E-state index in [2.05, 4.69) is 15.6 Å². The molecule has 0 atom stereocenters. The number of anilines is 1. The van der Waals surface area contributed by atoms with Gasteiger partial charge in [0.25, 0.3) is 5.91 Å². The van der Waals surface area contributed by atoms with Crippen molar-refractivity contribution in [1.29, 1.82) is 0 Å². The van der Waals surface area contributed by atoms with Gasteiger partial charge < -0.3 is 20.3 Å². The van der Waals surface area contributed by atoms with E-state index in [4.69, 9.17) is 4.74 Å². The fourth-order valence-electron chi connectivity index (χ4n) is 3.43. The summed E-state index contributed by atoms with van der Waals surface area (Å²) in [5.41, 5.74) is 1.14. The summed E-state index contributed by atoms with van der Waals surface area (Å²) in [6, 6.07) is 12.7. The number of carbonyl (C=O) groups excluding carboxylic acids is 3. The highest BCUT2D eigenvalue weighted by molar-refractivity contribution is 7.98. The van der Waals surface area contributed by atoms with Gasteiger partial charge in [-0.15, -0.1) is 11.8 Å². The number of nitrogens with zero attached hydrogens (tertiary/aromatic N) is 2. The van der Waals surface area contributed by atoms with Crippen LogP contribution in [0.4, 0.5) is 10.6 Å². The van der Waals surface area contributed by atoms with Crippen LogP contribution in [-0.2, 0) is 16.0 Å². The monoisotopic (exact) mass is 456 g/mol. The molecular formula is C23H28N4O4S. The first-order valence-corrected chi connectivity index (χ1v) is 11.8. The van der Waals surface area contributed by atoms with Crippen molar-refractivity contribution in [3.05, 3.63) is 53.7 Å². The van der Waals surface area contributed by atoms with Crippen LogP contribution in [0.2, 0.25) is 0 Å². The molecule has 0 unspecified atom stereocenters. The molecule has 170 valence electrons. The Hall–Kier alpha value is -3.07. The summed E-state index contributed by atoms with van der Waals surface area (Å²) in [6.45, 7) is 3.19. The van der Waals surface area contributed by atoms with E-state index in [1.807, 2.05) is 30.5 Å². The number of aromatic nitrogens is 1. The highest BCUT2D eigenvalue weighted by atomic mass is 32.2. The van der Waals surface area contributed by atoms with Crippen LogP contribution in [0.5, 0.6) is 0 Å². The highest BCUT2D eigenvalue weighted by Crippen LogP contribution is 2.16. The van der Waals surface area contributed by atoms with E-state index < -0.39 is 0 Å². The minimum Gasteiger partial charge on any atom is -0.450 e. The van der Waals surface area contributed by atoms with Crippen LogP contribution >= 0.6 is 11.8 Å². The molecule has 32 heavy (non-hydrogen) atoms. The van der Waals surface area contributed by atoms with Gasteiger partial charge in [0.1, 0.15) is 11.5 Å². The lowest BCUT2D eigenvalue weighted by Crippen LogP contribution is -2.46. The van der Waals surface area contributed by atoms with E-state index in [-0.39, 0.29) is 36.1 Å². The number of amides is 3. The first-order chi connectivity index (χ1) is 15.5. The van der Waals surface area contributed by atoms with Crippen LogP contribution in [0.15, 0.2) is 47.4 Å². The second kappa shape index (κ2) is 11.5. The number of piperidine rings is 1. The number of hydrogen-bond acceptors (Lipinski definition) is 6. The maximum absolute atomic E-state index is 12.6. The van der Waals surface area contributed by atoms with Crippen LogP contribution in [0.25, 0.3) is 0 Å². The molecular weight excluding hydrogens is 428 g/mol. The number of pyridine rings is 1. The van der Waals surface area contributed by atoms with Crippen LogP contribution in [0.1, 0.15) is 35.8 Å². The van der Waals surface area contributed by atoms with E-state index in [0.717, 1.165) is 10.5 Å². The van der Waals surface area contributed by atoms with Crippen LogP contribution < -0.4 is 10.6 Å². The minimum absolute atomic E-state index is 0.0440. The van der Waals surface area contributed by atoms with E-state index in [0.29, 0.717) is 38.4 Å². The number of hydrogen-bond donors (Lipinski definition) is 2. The van der Waals surface area contributed by atoms with E-state index in [1.165, 1.54) is 0 Å². The molecule has 3 amide bonds. The number of likely N-dealkylation sites (tertiary alicyclic amines) is 1. The van der Waals surface area contributed by atoms with Crippen LogP contribution in [0.3, 0.4) is 0 Å². The summed E-state index contributed by atoms with van der Waals surface area (Å²) in [4.78, 5) is 43.9. The SMILES string of the molecule is CCOC(=O)N1CCC(NC(=O)c2cccc(NC(=O)Cc3ccc(SC)cc3)n2)CC1. The largest absolute Gasteiger partial charge is 0.450 e. The number of thioether (sulfide) groups is 1. The Kier molecular flexibility index (Phi) is 8.49. The standard InChI is InChI=1S/C23H28N4O4S/c1-3-31-23(30)27-13-11-17(12-14-27)24-22(29)19-5-4-6-20(25-19)26-21(28)15-16-7-9-18(32-2)10-8-16/h4-10,17H,3,11-15H2,1-2H3,(H,24,29)(H,25,26,28). The Morgan fingerprint density at radius 3 is 2.50 bits per heavy atom. The van der Waals surface area contributed by atoms with Crippen molar-refractivity contribution in [2.45, 2.75) is 37.1 Å². The quantitative estimate of drug-likeness (QED) is 0.620. The third-order valence-electron chi connectivity index (χ3n) is 5.13. The molecule has 2 aromatic rings. The summed E-state index contributed by atoms with van der Waals surface area (Å²) in [5, 5.41) is 5.72. The molecule has 0 spiro atoms. The lowest BCUT2D eigenvalue weighted by atomic mass is 10.1. The third-order valence-corrected chi connectivity index (χ3v) is 5.87.